The van der Waals surface area contributed by atoms with Crippen LogP contribution < -0.4 is 16.4 Å². The van der Waals surface area contributed by atoms with Gasteiger partial charge in [0.25, 0.3) is 0 Å². The molecule has 1 aliphatic heterocycles. The highest BCUT2D eigenvalue weighted by Gasteiger charge is 2.36. The second-order valence-corrected chi connectivity index (χ2v) is 4.81. The molecule has 1 atom stereocenters. The van der Waals surface area contributed by atoms with Gasteiger partial charge in [0.1, 0.15) is 0 Å². The zero-order chi connectivity index (χ0) is 11.3. The molecule has 0 radical (unpaired) electrons. The molecular formula is C11H23N3O. The van der Waals surface area contributed by atoms with E-state index in [1.54, 1.807) is 0 Å². The Balaban J connectivity index is 2.51. The number of hydrogen-bond acceptors (Lipinski definition) is 3. The van der Waals surface area contributed by atoms with Gasteiger partial charge in [-0.15, -0.1) is 0 Å². The van der Waals surface area contributed by atoms with Gasteiger partial charge in [-0.2, -0.15) is 0 Å². The number of nitrogens with two attached hydrogens (primary N) is 1. The molecule has 1 fully saturated rings. The third-order valence-electron chi connectivity index (χ3n) is 3.33. The maximum Gasteiger partial charge on any atom is 0.226 e. The first kappa shape index (κ1) is 12.5. The summed E-state index contributed by atoms with van der Waals surface area (Å²) in [6.07, 6.45) is 2.30. The van der Waals surface area contributed by atoms with Crippen molar-refractivity contribution >= 4 is 5.91 Å². The van der Waals surface area contributed by atoms with Gasteiger partial charge in [0, 0.05) is 18.5 Å². The molecule has 4 heteroatoms. The SMILES string of the molecule is CC(C)(C(=O)NCCN)C1CCCNC1. The van der Waals surface area contributed by atoms with E-state index in [4.69, 9.17) is 5.73 Å². The summed E-state index contributed by atoms with van der Waals surface area (Å²) >= 11 is 0. The van der Waals surface area contributed by atoms with Crippen LogP contribution in [0, 0.1) is 11.3 Å². The number of nitrogens with one attached hydrogen (secondary N) is 2. The summed E-state index contributed by atoms with van der Waals surface area (Å²) in [6, 6.07) is 0. The molecule has 1 unspecified atom stereocenters. The zero-order valence-electron chi connectivity index (χ0n) is 9.81. The van der Waals surface area contributed by atoms with E-state index in [1.165, 1.54) is 0 Å². The largest absolute Gasteiger partial charge is 0.354 e. The minimum atomic E-state index is -0.289. The second-order valence-electron chi connectivity index (χ2n) is 4.81. The molecule has 88 valence electrons. The van der Waals surface area contributed by atoms with Crippen LogP contribution in [0.2, 0.25) is 0 Å². The van der Waals surface area contributed by atoms with Crippen LogP contribution >= 0.6 is 0 Å². The summed E-state index contributed by atoms with van der Waals surface area (Å²) in [5, 5.41) is 6.23. The molecule has 0 bridgehead atoms. The first-order valence-electron chi connectivity index (χ1n) is 5.78. The lowest BCUT2D eigenvalue weighted by Crippen LogP contribution is -2.48. The summed E-state index contributed by atoms with van der Waals surface area (Å²) < 4.78 is 0. The van der Waals surface area contributed by atoms with E-state index in [1.807, 2.05) is 13.8 Å². The molecule has 1 amide bonds. The fourth-order valence-electron chi connectivity index (χ4n) is 2.07. The van der Waals surface area contributed by atoms with Crippen molar-refractivity contribution in [2.45, 2.75) is 26.7 Å². The number of carbonyl (C=O) groups excluding carboxylic acids is 1. The highest BCUT2D eigenvalue weighted by molar-refractivity contribution is 5.82. The molecule has 0 aromatic carbocycles. The van der Waals surface area contributed by atoms with Gasteiger partial charge in [-0.05, 0) is 31.8 Å². The van der Waals surface area contributed by atoms with Crippen molar-refractivity contribution < 1.29 is 4.79 Å². The quantitative estimate of drug-likeness (QED) is 0.620. The van der Waals surface area contributed by atoms with Crippen molar-refractivity contribution in [2.24, 2.45) is 17.1 Å². The minimum Gasteiger partial charge on any atom is -0.354 e. The molecule has 0 aromatic rings. The Kier molecular flexibility index (Phi) is 4.54. The van der Waals surface area contributed by atoms with Crippen LogP contribution in [0.4, 0.5) is 0 Å². The lowest BCUT2D eigenvalue weighted by Gasteiger charge is -2.36. The molecule has 1 saturated heterocycles. The van der Waals surface area contributed by atoms with Crippen LogP contribution in [0.1, 0.15) is 26.7 Å². The highest BCUT2D eigenvalue weighted by atomic mass is 16.2. The van der Waals surface area contributed by atoms with Crippen LogP contribution in [-0.4, -0.2) is 32.1 Å². The van der Waals surface area contributed by atoms with Crippen molar-refractivity contribution in [3.05, 3.63) is 0 Å². The lowest BCUT2D eigenvalue weighted by atomic mass is 9.74. The Morgan fingerprint density at radius 1 is 1.60 bits per heavy atom. The Hall–Kier alpha value is -0.610. The number of amides is 1. The van der Waals surface area contributed by atoms with E-state index in [-0.39, 0.29) is 11.3 Å². The summed E-state index contributed by atoms with van der Waals surface area (Å²) in [6.45, 7) is 7.15. The molecule has 15 heavy (non-hydrogen) atoms. The van der Waals surface area contributed by atoms with Crippen LogP contribution in [-0.2, 0) is 4.79 Å². The van der Waals surface area contributed by atoms with E-state index >= 15 is 0 Å². The van der Waals surface area contributed by atoms with Crippen molar-refractivity contribution in [1.29, 1.82) is 0 Å². The highest BCUT2D eigenvalue weighted by Crippen LogP contribution is 2.31. The molecule has 4 N–H and O–H groups in total. The molecule has 4 nitrogen and oxygen atoms in total. The van der Waals surface area contributed by atoms with Gasteiger partial charge in [0.2, 0.25) is 5.91 Å². The van der Waals surface area contributed by atoms with Gasteiger partial charge in [0.05, 0.1) is 0 Å². The van der Waals surface area contributed by atoms with E-state index < -0.39 is 0 Å². The van der Waals surface area contributed by atoms with Gasteiger partial charge in [-0.1, -0.05) is 13.8 Å². The molecule has 1 rings (SSSR count). The third-order valence-corrected chi connectivity index (χ3v) is 3.33. The van der Waals surface area contributed by atoms with E-state index in [9.17, 15) is 4.79 Å². The van der Waals surface area contributed by atoms with E-state index in [0.29, 0.717) is 19.0 Å². The first-order valence-corrected chi connectivity index (χ1v) is 5.78. The van der Waals surface area contributed by atoms with Crippen molar-refractivity contribution in [3.63, 3.8) is 0 Å². The molecule has 0 saturated carbocycles. The second kappa shape index (κ2) is 5.47. The Morgan fingerprint density at radius 2 is 2.33 bits per heavy atom. The summed E-state index contributed by atoms with van der Waals surface area (Å²) in [5.41, 5.74) is 5.08. The van der Waals surface area contributed by atoms with Crippen molar-refractivity contribution in [1.82, 2.24) is 10.6 Å². The molecule has 0 aromatic heterocycles. The van der Waals surface area contributed by atoms with Crippen LogP contribution in [0.3, 0.4) is 0 Å². The lowest BCUT2D eigenvalue weighted by molar-refractivity contribution is -0.132. The average molecular weight is 213 g/mol. The van der Waals surface area contributed by atoms with Gasteiger partial charge in [-0.25, -0.2) is 0 Å². The van der Waals surface area contributed by atoms with Gasteiger partial charge in [-0.3, -0.25) is 4.79 Å². The molecule has 0 aliphatic carbocycles. The fourth-order valence-corrected chi connectivity index (χ4v) is 2.07. The third kappa shape index (κ3) is 3.18. The Labute approximate surface area is 92.0 Å². The van der Waals surface area contributed by atoms with Gasteiger partial charge in [0.15, 0.2) is 0 Å². The molecule has 0 spiro atoms. The first-order chi connectivity index (χ1) is 7.09. The maximum atomic E-state index is 11.9. The summed E-state index contributed by atoms with van der Waals surface area (Å²) in [5.74, 6) is 0.561. The number of piperidine rings is 1. The fraction of sp³-hybridized carbons (Fsp3) is 0.909. The Bertz CT molecular complexity index is 210. The monoisotopic (exact) mass is 213 g/mol. The van der Waals surface area contributed by atoms with Crippen LogP contribution in [0.15, 0.2) is 0 Å². The molecule has 1 aliphatic rings. The van der Waals surface area contributed by atoms with Crippen LogP contribution in [0.25, 0.3) is 0 Å². The normalized spacial score (nSPS) is 22.5. The summed E-state index contributed by atoms with van der Waals surface area (Å²) in [4.78, 5) is 11.9. The maximum absolute atomic E-state index is 11.9. The Morgan fingerprint density at radius 3 is 2.87 bits per heavy atom. The van der Waals surface area contributed by atoms with Crippen LogP contribution in [0.5, 0.6) is 0 Å². The predicted molar refractivity (Wildman–Crippen MR) is 61.4 cm³/mol. The number of carbonyl (C=O) groups is 1. The molecular weight excluding hydrogens is 190 g/mol. The van der Waals surface area contributed by atoms with Gasteiger partial charge >= 0.3 is 0 Å². The minimum absolute atomic E-state index is 0.127. The van der Waals surface area contributed by atoms with E-state index in [2.05, 4.69) is 10.6 Å². The molecule has 1 heterocycles. The van der Waals surface area contributed by atoms with Crippen molar-refractivity contribution in [3.8, 4) is 0 Å². The number of hydrogen-bond donors (Lipinski definition) is 3. The smallest absolute Gasteiger partial charge is 0.226 e. The number of rotatable bonds is 4. The topological polar surface area (TPSA) is 67.2 Å². The predicted octanol–water partition coefficient (Wildman–Crippen LogP) is 0.0871. The summed E-state index contributed by atoms with van der Waals surface area (Å²) in [7, 11) is 0. The average Bonchev–Trinajstić information content (AvgIpc) is 2.27. The standard InChI is InChI=1S/C11H23N3O/c1-11(2,10(15)14-7-5-12)9-4-3-6-13-8-9/h9,13H,3-8,12H2,1-2H3,(H,14,15). The van der Waals surface area contributed by atoms with E-state index in [0.717, 1.165) is 25.9 Å². The zero-order valence-corrected chi connectivity index (χ0v) is 9.81. The van der Waals surface area contributed by atoms with Crippen molar-refractivity contribution in [2.75, 3.05) is 26.2 Å². The van der Waals surface area contributed by atoms with Gasteiger partial charge < -0.3 is 16.4 Å².